The van der Waals surface area contributed by atoms with Crippen molar-refractivity contribution in [2.75, 3.05) is 6.54 Å². The fourth-order valence-electron chi connectivity index (χ4n) is 3.58. The zero-order valence-corrected chi connectivity index (χ0v) is 12.6. The van der Waals surface area contributed by atoms with E-state index >= 15 is 0 Å². The van der Waals surface area contributed by atoms with Crippen molar-refractivity contribution in [1.29, 1.82) is 0 Å². The van der Waals surface area contributed by atoms with Crippen LogP contribution in [0.4, 0.5) is 4.79 Å². The normalized spacial score (nSPS) is 26.5. The average molecular weight is 266 g/mol. The molecular weight excluding hydrogens is 236 g/mol. The molecule has 1 spiro atoms. The van der Waals surface area contributed by atoms with Crippen LogP contribution < -0.4 is 10.6 Å². The van der Waals surface area contributed by atoms with Gasteiger partial charge in [0.1, 0.15) is 0 Å². The predicted octanol–water partition coefficient (Wildman–Crippen LogP) is 3.83. The number of nitrogens with one attached hydrogen (secondary N) is 2. The Kier molecular flexibility index (Phi) is 5.12. The number of urea groups is 1. The lowest BCUT2D eigenvalue weighted by molar-refractivity contribution is 0.0608. The number of amides is 2. The van der Waals surface area contributed by atoms with Gasteiger partial charge in [-0.05, 0) is 49.9 Å². The molecule has 0 aromatic heterocycles. The van der Waals surface area contributed by atoms with E-state index in [0.717, 1.165) is 13.0 Å². The molecule has 110 valence electrons. The first kappa shape index (κ1) is 14.7. The minimum atomic E-state index is 0.0460. The predicted molar refractivity (Wildman–Crippen MR) is 79.1 cm³/mol. The third-order valence-electron chi connectivity index (χ3n) is 5.31. The topological polar surface area (TPSA) is 41.1 Å². The summed E-state index contributed by atoms with van der Waals surface area (Å²) in [6.45, 7) is 5.24. The highest BCUT2D eigenvalue weighted by Gasteiger charge is 2.41. The van der Waals surface area contributed by atoms with Gasteiger partial charge >= 0.3 is 6.03 Å². The molecule has 2 amide bonds. The number of rotatable bonds is 5. The van der Waals surface area contributed by atoms with Crippen LogP contribution in [0.1, 0.15) is 71.6 Å². The van der Waals surface area contributed by atoms with Crippen LogP contribution in [0.15, 0.2) is 0 Å². The molecular formula is C16H30N2O. The number of carbonyl (C=O) groups excluding carboxylic acids is 1. The zero-order chi connectivity index (χ0) is 13.7. The van der Waals surface area contributed by atoms with E-state index in [2.05, 4.69) is 24.5 Å². The summed E-state index contributed by atoms with van der Waals surface area (Å²) < 4.78 is 0. The lowest BCUT2D eigenvalue weighted by Crippen LogP contribution is -2.48. The van der Waals surface area contributed by atoms with E-state index in [1.807, 2.05) is 0 Å². The highest BCUT2D eigenvalue weighted by molar-refractivity contribution is 5.74. The van der Waals surface area contributed by atoms with Crippen LogP contribution in [0.2, 0.25) is 0 Å². The Morgan fingerprint density at radius 3 is 2.68 bits per heavy atom. The third kappa shape index (κ3) is 4.12. The van der Waals surface area contributed by atoms with E-state index in [-0.39, 0.29) is 6.03 Å². The van der Waals surface area contributed by atoms with E-state index in [0.29, 0.717) is 17.4 Å². The molecule has 3 heteroatoms. The van der Waals surface area contributed by atoms with Gasteiger partial charge in [0.15, 0.2) is 0 Å². The van der Waals surface area contributed by atoms with Crippen LogP contribution in [-0.2, 0) is 0 Å². The fraction of sp³-hybridized carbons (Fsp3) is 0.938. The molecule has 2 N–H and O–H groups in total. The molecule has 19 heavy (non-hydrogen) atoms. The summed E-state index contributed by atoms with van der Waals surface area (Å²) in [7, 11) is 0. The van der Waals surface area contributed by atoms with Gasteiger partial charge in [-0.15, -0.1) is 0 Å². The summed E-state index contributed by atoms with van der Waals surface area (Å²) in [5.74, 6) is 0.702. The van der Waals surface area contributed by atoms with Crippen molar-refractivity contribution in [3.05, 3.63) is 0 Å². The number of hydrogen-bond acceptors (Lipinski definition) is 1. The SMILES string of the molecule is CCC(C)CCNC(=O)NC1CCCC2(CCC2)C1. The van der Waals surface area contributed by atoms with Crippen LogP contribution in [0, 0.1) is 11.3 Å². The van der Waals surface area contributed by atoms with Gasteiger partial charge in [-0.25, -0.2) is 4.79 Å². The fourth-order valence-corrected chi connectivity index (χ4v) is 3.58. The first-order valence-electron chi connectivity index (χ1n) is 8.18. The summed E-state index contributed by atoms with van der Waals surface area (Å²) in [5.41, 5.74) is 0.604. The van der Waals surface area contributed by atoms with Crippen molar-refractivity contribution in [1.82, 2.24) is 10.6 Å². The van der Waals surface area contributed by atoms with E-state index < -0.39 is 0 Å². The zero-order valence-electron chi connectivity index (χ0n) is 12.6. The van der Waals surface area contributed by atoms with Crippen LogP contribution >= 0.6 is 0 Å². The van der Waals surface area contributed by atoms with E-state index in [1.165, 1.54) is 51.4 Å². The molecule has 2 atom stereocenters. The van der Waals surface area contributed by atoms with Crippen molar-refractivity contribution in [3.63, 3.8) is 0 Å². The molecule has 2 saturated carbocycles. The Bertz CT molecular complexity index is 299. The van der Waals surface area contributed by atoms with Gasteiger partial charge in [0.05, 0.1) is 0 Å². The monoisotopic (exact) mass is 266 g/mol. The molecule has 0 radical (unpaired) electrons. The lowest BCUT2D eigenvalue weighted by Gasteiger charge is -2.47. The minimum absolute atomic E-state index is 0.0460. The largest absolute Gasteiger partial charge is 0.338 e. The van der Waals surface area contributed by atoms with E-state index in [9.17, 15) is 4.79 Å². The Morgan fingerprint density at radius 2 is 2.05 bits per heavy atom. The van der Waals surface area contributed by atoms with Gasteiger partial charge in [-0.3, -0.25) is 0 Å². The van der Waals surface area contributed by atoms with Crippen LogP contribution in [0.3, 0.4) is 0 Å². The Balaban J connectivity index is 1.64. The van der Waals surface area contributed by atoms with Gasteiger partial charge in [0.25, 0.3) is 0 Å². The minimum Gasteiger partial charge on any atom is -0.338 e. The summed E-state index contributed by atoms with van der Waals surface area (Å²) in [4.78, 5) is 11.9. The summed E-state index contributed by atoms with van der Waals surface area (Å²) in [6.07, 6.45) is 11.5. The Morgan fingerprint density at radius 1 is 1.32 bits per heavy atom. The van der Waals surface area contributed by atoms with Crippen molar-refractivity contribution < 1.29 is 4.79 Å². The second-order valence-corrected chi connectivity index (χ2v) is 6.85. The molecule has 0 saturated heterocycles. The average Bonchev–Trinajstić information content (AvgIpc) is 2.37. The molecule has 2 fully saturated rings. The molecule has 2 rings (SSSR count). The quantitative estimate of drug-likeness (QED) is 0.780. The highest BCUT2D eigenvalue weighted by atomic mass is 16.2. The summed E-state index contributed by atoms with van der Waals surface area (Å²) in [6, 6.07) is 0.460. The lowest BCUT2D eigenvalue weighted by atomic mass is 9.60. The van der Waals surface area contributed by atoms with Crippen LogP contribution in [-0.4, -0.2) is 18.6 Å². The number of carbonyl (C=O) groups is 1. The van der Waals surface area contributed by atoms with Crippen molar-refractivity contribution in [2.45, 2.75) is 77.7 Å². The summed E-state index contributed by atoms with van der Waals surface area (Å²) in [5, 5.41) is 6.19. The first-order chi connectivity index (χ1) is 9.13. The van der Waals surface area contributed by atoms with Gasteiger partial charge in [-0.2, -0.15) is 0 Å². The van der Waals surface area contributed by atoms with Gasteiger partial charge in [-0.1, -0.05) is 33.1 Å². The number of hydrogen-bond donors (Lipinski definition) is 2. The van der Waals surface area contributed by atoms with Crippen molar-refractivity contribution in [2.24, 2.45) is 11.3 Å². The van der Waals surface area contributed by atoms with Crippen LogP contribution in [0.25, 0.3) is 0 Å². The smallest absolute Gasteiger partial charge is 0.315 e. The molecule has 2 unspecified atom stereocenters. The maximum absolute atomic E-state index is 11.9. The second kappa shape index (κ2) is 6.62. The van der Waals surface area contributed by atoms with Gasteiger partial charge in [0.2, 0.25) is 0 Å². The van der Waals surface area contributed by atoms with Gasteiger partial charge < -0.3 is 10.6 Å². The van der Waals surface area contributed by atoms with Crippen molar-refractivity contribution in [3.8, 4) is 0 Å². The van der Waals surface area contributed by atoms with Crippen LogP contribution in [0.5, 0.6) is 0 Å². The maximum atomic E-state index is 11.9. The molecule has 3 nitrogen and oxygen atoms in total. The Labute approximate surface area is 117 Å². The maximum Gasteiger partial charge on any atom is 0.315 e. The molecule has 0 aromatic rings. The van der Waals surface area contributed by atoms with Gasteiger partial charge in [0, 0.05) is 12.6 Å². The molecule has 0 aliphatic heterocycles. The van der Waals surface area contributed by atoms with E-state index in [4.69, 9.17) is 0 Å². The second-order valence-electron chi connectivity index (χ2n) is 6.85. The molecule has 2 aliphatic rings. The highest BCUT2D eigenvalue weighted by Crippen LogP contribution is 2.51. The molecule has 2 aliphatic carbocycles. The first-order valence-corrected chi connectivity index (χ1v) is 8.18. The standard InChI is InChI=1S/C16H30N2O/c1-3-13(2)7-11-17-15(19)18-14-6-4-8-16(12-14)9-5-10-16/h13-14H,3-12H2,1-2H3,(H2,17,18,19). The van der Waals surface area contributed by atoms with E-state index in [1.54, 1.807) is 0 Å². The molecule has 0 heterocycles. The Hall–Kier alpha value is -0.730. The third-order valence-corrected chi connectivity index (χ3v) is 5.31. The summed E-state index contributed by atoms with van der Waals surface area (Å²) >= 11 is 0. The van der Waals surface area contributed by atoms with Crippen molar-refractivity contribution >= 4 is 6.03 Å². The molecule has 0 aromatic carbocycles. The molecule has 0 bridgehead atoms.